The topological polar surface area (TPSA) is 85.3 Å². The SMILES string of the molecule is Cc1ccc2oc(C(=O)NCCCC(N)=O)cc2c1. The van der Waals surface area contributed by atoms with Crippen molar-refractivity contribution >= 4 is 22.8 Å². The summed E-state index contributed by atoms with van der Waals surface area (Å²) in [5.74, 6) is -0.369. The van der Waals surface area contributed by atoms with Crippen molar-refractivity contribution in [2.24, 2.45) is 5.73 Å². The number of hydrogen-bond donors (Lipinski definition) is 2. The van der Waals surface area contributed by atoms with Crippen LogP contribution in [-0.2, 0) is 4.79 Å². The maximum Gasteiger partial charge on any atom is 0.287 e. The van der Waals surface area contributed by atoms with Crippen LogP contribution < -0.4 is 11.1 Å². The third-order valence-electron chi connectivity index (χ3n) is 2.78. The molecule has 2 amide bonds. The van der Waals surface area contributed by atoms with Crippen molar-refractivity contribution < 1.29 is 14.0 Å². The molecule has 3 N–H and O–H groups in total. The predicted octanol–water partition coefficient (Wildman–Crippen LogP) is 1.74. The molecular formula is C14H16N2O3. The molecule has 0 unspecified atom stereocenters. The molecule has 0 aliphatic rings. The lowest BCUT2D eigenvalue weighted by Crippen LogP contribution is -2.25. The van der Waals surface area contributed by atoms with E-state index in [1.165, 1.54) is 0 Å². The van der Waals surface area contributed by atoms with E-state index in [4.69, 9.17) is 10.2 Å². The van der Waals surface area contributed by atoms with Crippen LogP contribution in [-0.4, -0.2) is 18.4 Å². The van der Waals surface area contributed by atoms with Gasteiger partial charge >= 0.3 is 0 Å². The van der Waals surface area contributed by atoms with Crippen LogP contribution in [0.1, 0.15) is 29.0 Å². The molecular weight excluding hydrogens is 244 g/mol. The molecule has 1 heterocycles. The van der Waals surface area contributed by atoms with Crippen LogP contribution in [0.5, 0.6) is 0 Å². The number of carbonyl (C=O) groups is 2. The zero-order valence-electron chi connectivity index (χ0n) is 10.7. The number of carbonyl (C=O) groups excluding carboxylic acids is 2. The van der Waals surface area contributed by atoms with Gasteiger partial charge < -0.3 is 15.5 Å². The van der Waals surface area contributed by atoms with E-state index < -0.39 is 0 Å². The van der Waals surface area contributed by atoms with Gasteiger partial charge in [-0.25, -0.2) is 0 Å². The smallest absolute Gasteiger partial charge is 0.287 e. The van der Waals surface area contributed by atoms with Crippen LogP contribution in [0.15, 0.2) is 28.7 Å². The number of benzene rings is 1. The summed E-state index contributed by atoms with van der Waals surface area (Å²) in [7, 11) is 0. The van der Waals surface area contributed by atoms with Gasteiger partial charge in [-0.1, -0.05) is 11.6 Å². The van der Waals surface area contributed by atoms with E-state index in [2.05, 4.69) is 5.32 Å². The Bertz CT molecular complexity index is 616. The third kappa shape index (κ3) is 3.34. The maximum atomic E-state index is 11.8. The van der Waals surface area contributed by atoms with Gasteiger partial charge in [-0.05, 0) is 31.5 Å². The van der Waals surface area contributed by atoms with E-state index in [-0.39, 0.29) is 24.0 Å². The number of fused-ring (bicyclic) bond motifs is 1. The minimum Gasteiger partial charge on any atom is -0.451 e. The molecule has 1 aromatic heterocycles. The van der Waals surface area contributed by atoms with Crippen LogP contribution in [0.25, 0.3) is 11.0 Å². The average molecular weight is 260 g/mol. The van der Waals surface area contributed by atoms with Crippen molar-refractivity contribution in [3.05, 3.63) is 35.6 Å². The summed E-state index contributed by atoms with van der Waals surface area (Å²) in [6.45, 7) is 2.38. The molecule has 0 bridgehead atoms. The molecule has 100 valence electrons. The third-order valence-corrected chi connectivity index (χ3v) is 2.78. The number of nitrogens with two attached hydrogens (primary N) is 1. The standard InChI is InChI=1S/C14H16N2O3/c1-9-4-5-11-10(7-9)8-12(19-11)14(18)16-6-2-3-13(15)17/h4-5,7-8H,2-3,6H2,1H3,(H2,15,17)(H,16,18). The van der Waals surface area contributed by atoms with Gasteiger partial charge in [0, 0.05) is 18.4 Å². The Morgan fingerprint density at radius 3 is 2.84 bits per heavy atom. The Kier molecular flexibility index (Phi) is 3.85. The molecule has 2 rings (SSSR count). The lowest BCUT2D eigenvalue weighted by molar-refractivity contribution is -0.118. The highest BCUT2D eigenvalue weighted by Gasteiger charge is 2.11. The fraction of sp³-hybridized carbons (Fsp3) is 0.286. The van der Waals surface area contributed by atoms with E-state index in [0.717, 1.165) is 10.9 Å². The molecule has 0 aliphatic heterocycles. The Balaban J connectivity index is 1.99. The van der Waals surface area contributed by atoms with Gasteiger partial charge in [0.1, 0.15) is 5.58 Å². The highest BCUT2D eigenvalue weighted by atomic mass is 16.3. The largest absolute Gasteiger partial charge is 0.451 e. The number of nitrogens with one attached hydrogen (secondary N) is 1. The number of amides is 2. The first kappa shape index (κ1) is 13.1. The molecule has 2 aromatic rings. The van der Waals surface area contributed by atoms with Crippen LogP contribution in [0.3, 0.4) is 0 Å². The number of rotatable bonds is 5. The molecule has 5 heteroatoms. The Labute approximate surface area is 110 Å². The Morgan fingerprint density at radius 2 is 2.11 bits per heavy atom. The molecule has 19 heavy (non-hydrogen) atoms. The van der Waals surface area contributed by atoms with E-state index >= 15 is 0 Å². The van der Waals surface area contributed by atoms with Gasteiger partial charge in [0.15, 0.2) is 5.76 Å². The monoisotopic (exact) mass is 260 g/mol. The molecule has 0 saturated heterocycles. The Hall–Kier alpha value is -2.30. The van der Waals surface area contributed by atoms with Crippen LogP contribution in [0, 0.1) is 6.92 Å². The second-order valence-corrected chi connectivity index (χ2v) is 4.48. The molecule has 0 aliphatic carbocycles. The molecule has 0 saturated carbocycles. The summed E-state index contributed by atoms with van der Waals surface area (Å²) in [6.07, 6.45) is 0.792. The quantitative estimate of drug-likeness (QED) is 0.803. The van der Waals surface area contributed by atoms with E-state index in [1.54, 1.807) is 6.07 Å². The number of furan rings is 1. The van der Waals surface area contributed by atoms with Crippen LogP contribution in [0.2, 0.25) is 0 Å². The fourth-order valence-electron chi connectivity index (χ4n) is 1.83. The first-order chi connectivity index (χ1) is 9.06. The molecule has 0 spiro atoms. The van der Waals surface area contributed by atoms with Gasteiger partial charge in [-0.3, -0.25) is 9.59 Å². The van der Waals surface area contributed by atoms with Gasteiger partial charge in [0.2, 0.25) is 5.91 Å². The first-order valence-corrected chi connectivity index (χ1v) is 6.13. The van der Waals surface area contributed by atoms with Gasteiger partial charge in [-0.15, -0.1) is 0 Å². The van der Waals surface area contributed by atoms with Crippen molar-refractivity contribution in [2.75, 3.05) is 6.54 Å². The summed E-state index contributed by atoms with van der Waals surface area (Å²) in [4.78, 5) is 22.4. The van der Waals surface area contributed by atoms with Gasteiger partial charge in [0.05, 0.1) is 0 Å². The molecule has 0 atom stereocenters. The van der Waals surface area contributed by atoms with E-state index in [1.807, 2.05) is 25.1 Å². The van der Waals surface area contributed by atoms with Crippen LogP contribution >= 0.6 is 0 Å². The second-order valence-electron chi connectivity index (χ2n) is 4.48. The lowest BCUT2D eigenvalue weighted by atomic mass is 10.2. The molecule has 5 nitrogen and oxygen atoms in total. The van der Waals surface area contributed by atoms with Crippen molar-refractivity contribution in [3.8, 4) is 0 Å². The molecule has 0 radical (unpaired) electrons. The van der Waals surface area contributed by atoms with Crippen molar-refractivity contribution in [1.82, 2.24) is 5.32 Å². The van der Waals surface area contributed by atoms with Crippen LogP contribution in [0.4, 0.5) is 0 Å². The Morgan fingerprint density at radius 1 is 1.32 bits per heavy atom. The zero-order chi connectivity index (χ0) is 13.8. The maximum absolute atomic E-state index is 11.8. The summed E-state index contributed by atoms with van der Waals surface area (Å²) >= 11 is 0. The fourth-order valence-corrected chi connectivity index (χ4v) is 1.83. The predicted molar refractivity (Wildman–Crippen MR) is 71.7 cm³/mol. The number of primary amides is 1. The van der Waals surface area contributed by atoms with Gasteiger partial charge in [-0.2, -0.15) is 0 Å². The summed E-state index contributed by atoms with van der Waals surface area (Å²) in [5.41, 5.74) is 6.82. The lowest BCUT2D eigenvalue weighted by Gasteiger charge is -2.00. The zero-order valence-corrected chi connectivity index (χ0v) is 10.7. The summed E-state index contributed by atoms with van der Waals surface area (Å²) in [5, 5.41) is 3.59. The van der Waals surface area contributed by atoms with Crippen molar-refractivity contribution in [2.45, 2.75) is 19.8 Å². The van der Waals surface area contributed by atoms with Crippen molar-refractivity contribution in [1.29, 1.82) is 0 Å². The number of hydrogen-bond acceptors (Lipinski definition) is 3. The second kappa shape index (κ2) is 5.56. The minimum atomic E-state index is -0.367. The minimum absolute atomic E-state index is 0.263. The van der Waals surface area contributed by atoms with Crippen molar-refractivity contribution in [3.63, 3.8) is 0 Å². The molecule has 1 aromatic carbocycles. The summed E-state index contributed by atoms with van der Waals surface area (Å²) < 4.78 is 5.46. The molecule has 0 fully saturated rings. The average Bonchev–Trinajstić information content (AvgIpc) is 2.77. The highest BCUT2D eigenvalue weighted by molar-refractivity contribution is 5.96. The number of aryl methyl sites for hydroxylation is 1. The normalized spacial score (nSPS) is 10.6. The first-order valence-electron chi connectivity index (χ1n) is 6.13. The van der Waals surface area contributed by atoms with Gasteiger partial charge in [0.25, 0.3) is 5.91 Å². The van der Waals surface area contributed by atoms with E-state index in [0.29, 0.717) is 18.5 Å². The van der Waals surface area contributed by atoms with E-state index in [9.17, 15) is 9.59 Å². The highest BCUT2D eigenvalue weighted by Crippen LogP contribution is 2.20. The summed E-state index contributed by atoms with van der Waals surface area (Å²) in [6, 6.07) is 7.45.